The number of rotatable bonds is 10. The summed E-state index contributed by atoms with van der Waals surface area (Å²) in [5.41, 5.74) is 8.77. The molecule has 0 radical (unpaired) electrons. The molecule has 0 aliphatic carbocycles. The van der Waals surface area contributed by atoms with E-state index in [1.165, 1.54) is 16.9 Å². The number of nitrogens with zero attached hydrogens (tertiary/aromatic N) is 2. The van der Waals surface area contributed by atoms with Crippen LogP contribution in [0, 0.1) is 10.5 Å². The standard InChI is InChI=1S/C32H26ClIN4O3S/c1-20-3-13-26(14-4-20)36-32-37-28(19-42-32)23-7-9-24(10-8-23)31(39)38-35-17-22-15-27(34)30(29(16-22)40-2)41-18-21-5-11-25(33)12-6-21/h3-17,19H,18H2,1-2H3,(H,36,37)(H,38,39)/b35-17-. The summed E-state index contributed by atoms with van der Waals surface area (Å²) >= 11 is 9.68. The predicted molar refractivity (Wildman–Crippen MR) is 179 cm³/mol. The SMILES string of the molecule is COc1cc(/C=N\NC(=O)c2ccc(-c3csc(Nc4ccc(C)cc4)n3)cc2)cc(I)c1OCc1ccc(Cl)cc1. The number of anilines is 2. The van der Waals surface area contributed by atoms with Gasteiger partial charge in [-0.2, -0.15) is 5.10 Å². The van der Waals surface area contributed by atoms with Crippen molar-refractivity contribution in [2.24, 2.45) is 5.10 Å². The number of benzene rings is 4. The molecule has 1 heterocycles. The van der Waals surface area contributed by atoms with E-state index in [-0.39, 0.29) is 5.91 Å². The van der Waals surface area contributed by atoms with Gasteiger partial charge in [-0.3, -0.25) is 4.79 Å². The predicted octanol–water partition coefficient (Wildman–Crippen LogP) is 8.47. The molecular weight excluding hydrogens is 683 g/mol. The molecule has 7 nitrogen and oxygen atoms in total. The fourth-order valence-electron chi connectivity index (χ4n) is 3.94. The van der Waals surface area contributed by atoms with Crippen LogP contribution in [0.5, 0.6) is 11.5 Å². The number of methoxy groups -OCH3 is 1. The fourth-order valence-corrected chi connectivity index (χ4v) is 5.58. The Morgan fingerprint density at radius 1 is 1.05 bits per heavy atom. The molecule has 5 aromatic rings. The maximum atomic E-state index is 12.7. The molecule has 1 amide bonds. The van der Waals surface area contributed by atoms with Crippen molar-refractivity contribution in [2.75, 3.05) is 12.4 Å². The number of hydrogen-bond donors (Lipinski definition) is 2. The molecule has 1 aromatic heterocycles. The van der Waals surface area contributed by atoms with Crippen LogP contribution in [-0.2, 0) is 6.61 Å². The molecule has 0 saturated carbocycles. The molecular formula is C32H26ClIN4O3S. The molecule has 2 N–H and O–H groups in total. The minimum absolute atomic E-state index is 0.317. The molecule has 212 valence electrons. The van der Waals surface area contributed by atoms with Crippen molar-refractivity contribution >= 4 is 68.5 Å². The minimum Gasteiger partial charge on any atom is -0.493 e. The molecule has 0 aliphatic heterocycles. The Hall–Kier alpha value is -3.93. The Morgan fingerprint density at radius 2 is 1.79 bits per heavy atom. The third-order valence-corrected chi connectivity index (χ3v) is 7.99. The number of thiazole rings is 1. The van der Waals surface area contributed by atoms with Crippen molar-refractivity contribution in [3.63, 3.8) is 0 Å². The van der Waals surface area contributed by atoms with Crippen molar-refractivity contribution in [1.29, 1.82) is 0 Å². The average Bonchev–Trinajstić information content (AvgIpc) is 3.47. The number of ether oxygens (including phenoxy) is 2. The largest absolute Gasteiger partial charge is 0.493 e. The van der Waals surface area contributed by atoms with Crippen LogP contribution in [0.3, 0.4) is 0 Å². The third-order valence-electron chi connectivity index (χ3n) is 6.18. The lowest BCUT2D eigenvalue weighted by Gasteiger charge is -2.13. The third kappa shape index (κ3) is 7.67. The van der Waals surface area contributed by atoms with E-state index in [2.05, 4.69) is 62.5 Å². The van der Waals surface area contributed by atoms with Crippen LogP contribution in [-0.4, -0.2) is 24.2 Å². The number of carbonyl (C=O) groups is 1. The first-order valence-electron chi connectivity index (χ1n) is 12.9. The summed E-state index contributed by atoms with van der Waals surface area (Å²) in [6.07, 6.45) is 1.57. The molecule has 0 unspecified atom stereocenters. The summed E-state index contributed by atoms with van der Waals surface area (Å²) in [6, 6.07) is 26.6. The molecule has 0 aliphatic rings. The zero-order valence-corrected chi connectivity index (χ0v) is 26.5. The second-order valence-electron chi connectivity index (χ2n) is 9.25. The highest BCUT2D eigenvalue weighted by Gasteiger charge is 2.12. The Kier molecular flexibility index (Phi) is 9.73. The maximum absolute atomic E-state index is 12.7. The summed E-state index contributed by atoms with van der Waals surface area (Å²) in [6.45, 7) is 2.43. The number of nitrogens with one attached hydrogen (secondary N) is 2. The second kappa shape index (κ2) is 13.8. The Bertz CT molecular complexity index is 1710. The van der Waals surface area contributed by atoms with Crippen LogP contribution >= 0.6 is 45.5 Å². The van der Waals surface area contributed by atoms with E-state index >= 15 is 0 Å². The molecule has 10 heteroatoms. The number of hydrazone groups is 1. The number of amides is 1. The van der Waals surface area contributed by atoms with Crippen LogP contribution in [0.15, 0.2) is 95.4 Å². The number of carbonyl (C=O) groups excluding carboxylic acids is 1. The monoisotopic (exact) mass is 708 g/mol. The van der Waals surface area contributed by atoms with Gasteiger partial charge in [-0.05, 0) is 89.2 Å². The lowest BCUT2D eigenvalue weighted by atomic mass is 10.1. The van der Waals surface area contributed by atoms with Gasteiger partial charge in [0.1, 0.15) is 6.61 Å². The van der Waals surface area contributed by atoms with Crippen molar-refractivity contribution in [3.8, 4) is 22.8 Å². The summed E-state index contributed by atoms with van der Waals surface area (Å²) < 4.78 is 12.4. The normalized spacial score (nSPS) is 11.0. The van der Waals surface area contributed by atoms with Gasteiger partial charge >= 0.3 is 0 Å². The van der Waals surface area contributed by atoms with E-state index in [1.54, 1.807) is 31.5 Å². The van der Waals surface area contributed by atoms with Gasteiger partial charge < -0.3 is 14.8 Å². The fraction of sp³-hybridized carbons (Fsp3) is 0.0938. The highest BCUT2D eigenvalue weighted by Crippen LogP contribution is 2.34. The maximum Gasteiger partial charge on any atom is 0.271 e. The summed E-state index contributed by atoms with van der Waals surface area (Å²) in [5, 5.41) is 10.9. The van der Waals surface area contributed by atoms with Crippen LogP contribution in [0.4, 0.5) is 10.8 Å². The van der Waals surface area contributed by atoms with Gasteiger partial charge in [0.25, 0.3) is 5.91 Å². The lowest BCUT2D eigenvalue weighted by molar-refractivity contribution is 0.0955. The van der Waals surface area contributed by atoms with E-state index in [4.69, 9.17) is 21.1 Å². The first-order valence-corrected chi connectivity index (χ1v) is 15.2. The lowest BCUT2D eigenvalue weighted by Crippen LogP contribution is -2.17. The number of halogens is 2. The smallest absolute Gasteiger partial charge is 0.271 e. The van der Waals surface area contributed by atoms with Crippen LogP contribution in [0.1, 0.15) is 27.0 Å². The van der Waals surface area contributed by atoms with E-state index < -0.39 is 0 Å². The quantitative estimate of drug-likeness (QED) is 0.0864. The van der Waals surface area contributed by atoms with Crippen molar-refractivity contribution < 1.29 is 14.3 Å². The van der Waals surface area contributed by atoms with E-state index in [0.717, 1.165) is 36.8 Å². The zero-order valence-electron chi connectivity index (χ0n) is 22.7. The van der Waals surface area contributed by atoms with Gasteiger partial charge in [0.05, 0.1) is 22.6 Å². The molecule has 0 spiro atoms. The first kappa shape index (κ1) is 29.6. The molecule has 42 heavy (non-hydrogen) atoms. The molecule has 0 fully saturated rings. The molecule has 0 atom stereocenters. The molecule has 4 aromatic carbocycles. The number of aromatic nitrogens is 1. The Morgan fingerprint density at radius 3 is 2.50 bits per heavy atom. The van der Waals surface area contributed by atoms with Crippen molar-refractivity contribution in [3.05, 3.63) is 121 Å². The molecule has 0 bridgehead atoms. The minimum atomic E-state index is -0.317. The van der Waals surface area contributed by atoms with Crippen molar-refractivity contribution in [1.82, 2.24) is 10.4 Å². The molecule has 0 saturated heterocycles. The topological polar surface area (TPSA) is 84.8 Å². The average molecular weight is 709 g/mol. The zero-order chi connectivity index (χ0) is 29.5. The van der Waals surface area contributed by atoms with Gasteiger partial charge in [-0.25, -0.2) is 10.4 Å². The van der Waals surface area contributed by atoms with Crippen LogP contribution in [0.25, 0.3) is 11.3 Å². The first-order chi connectivity index (χ1) is 20.4. The summed E-state index contributed by atoms with van der Waals surface area (Å²) in [5.74, 6) is 0.883. The summed E-state index contributed by atoms with van der Waals surface area (Å²) in [7, 11) is 1.58. The Labute approximate surface area is 266 Å². The highest BCUT2D eigenvalue weighted by atomic mass is 127. The van der Waals surface area contributed by atoms with E-state index in [0.29, 0.717) is 28.7 Å². The van der Waals surface area contributed by atoms with Gasteiger partial charge in [-0.15, -0.1) is 11.3 Å². The van der Waals surface area contributed by atoms with Crippen molar-refractivity contribution in [2.45, 2.75) is 13.5 Å². The van der Waals surface area contributed by atoms with E-state index in [9.17, 15) is 4.79 Å². The van der Waals surface area contributed by atoms with Gasteiger partial charge in [-0.1, -0.05) is 53.6 Å². The van der Waals surface area contributed by atoms with Crippen LogP contribution in [0.2, 0.25) is 5.02 Å². The number of hydrogen-bond acceptors (Lipinski definition) is 7. The van der Waals surface area contributed by atoms with Crippen LogP contribution < -0.4 is 20.2 Å². The molecule has 5 rings (SSSR count). The second-order valence-corrected chi connectivity index (χ2v) is 11.7. The van der Waals surface area contributed by atoms with Gasteiger partial charge in [0.2, 0.25) is 0 Å². The number of aryl methyl sites for hydroxylation is 1. The highest BCUT2D eigenvalue weighted by molar-refractivity contribution is 14.1. The van der Waals surface area contributed by atoms with E-state index in [1.807, 2.05) is 60.0 Å². The van der Waals surface area contributed by atoms with Gasteiger partial charge in [0, 0.05) is 27.2 Å². The van der Waals surface area contributed by atoms with Gasteiger partial charge in [0.15, 0.2) is 16.6 Å². The Balaban J connectivity index is 1.18. The summed E-state index contributed by atoms with van der Waals surface area (Å²) in [4.78, 5) is 17.4.